The Bertz CT molecular complexity index is 640. The maximum Gasteiger partial charge on any atom is 0.338 e. The molecule has 0 bridgehead atoms. The molecule has 0 amide bonds. The van der Waals surface area contributed by atoms with Crippen LogP contribution >= 0.6 is 0 Å². The average molecular weight is 268 g/mol. The Hall–Kier alpha value is -2.23. The number of carbonyl (C=O) groups excluding carboxylic acids is 1. The maximum atomic E-state index is 12.1. The van der Waals surface area contributed by atoms with Crippen molar-refractivity contribution < 1.29 is 9.53 Å². The van der Waals surface area contributed by atoms with Crippen LogP contribution in [0, 0.1) is 6.92 Å². The standard InChI is InChI=1S/C16H16N2O2/c1-10-8-13(15-14(10)11(2)17-9-18-15)20-16(19)12-6-4-3-5-7-12/h3-7,9-10,13H,8H2,1-2H3/t10-,13-/m1/s1. The third kappa shape index (κ3) is 2.18. The number of esters is 1. The lowest BCUT2D eigenvalue weighted by atomic mass is 10.0. The molecule has 20 heavy (non-hydrogen) atoms. The summed E-state index contributed by atoms with van der Waals surface area (Å²) in [6.07, 6.45) is 2.04. The summed E-state index contributed by atoms with van der Waals surface area (Å²) in [5, 5.41) is 0. The summed E-state index contributed by atoms with van der Waals surface area (Å²) in [5.41, 5.74) is 3.52. The molecule has 1 aromatic heterocycles. The van der Waals surface area contributed by atoms with E-state index in [1.165, 1.54) is 6.33 Å². The Labute approximate surface area is 117 Å². The number of ether oxygens (including phenoxy) is 1. The molecule has 4 nitrogen and oxygen atoms in total. The largest absolute Gasteiger partial charge is 0.452 e. The first-order chi connectivity index (χ1) is 9.66. The van der Waals surface area contributed by atoms with E-state index in [1.807, 2.05) is 25.1 Å². The average Bonchev–Trinajstić information content (AvgIpc) is 2.77. The van der Waals surface area contributed by atoms with Crippen molar-refractivity contribution in [3.63, 3.8) is 0 Å². The lowest BCUT2D eigenvalue weighted by molar-refractivity contribution is 0.0284. The van der Waals surface area contributed by atoms with E-state index in [4.69, 9.17) is 4.74 Å². The van der Waals surface area contributed by atoms with Crippen LogP contribution in [-0.2, 0) is 4.74 Å². The van der Waals surface area contributed by atoms with Crippen molar-refractivity contribution in [2.75, 3.05) is 0 Å². The number of aryl methyl sites for hydroxylation is 1. The van der Waals surface area contributed by atoms with Crippen molar-refractivity contribution in [3.8, 4) is 0 Å². The molecule has 3 rings (SSSR count). The van der Waals surface area contributed by atoms with Crippen LogP contribution in [0.5, 0.6) is 0 Å². The van der Waals surface area contributed by atoms with Crippen LogP contribution in [0.4, 0.5) is 0 Å². The van der Waals surface area contributed by atoms with E-state index in [0.29, 0.717) is 11.5 Å². The molecule has 0 unspecified atom stereocenters. The first kappa shape index (κ1) is 12.8. The summed E-state index contributed by atoms with van der Waals surface area (Å²) in [6.45, 7) is 4.09. The van der Waals surface area contributed by atoms with Gasteiger partial charge in [-0.1, -0.05) is 25.1 Å². The van der Waals surface area contributed by atoms with Crippen LogP contribution in [0.25, 0.3) is 0 Å². The number of hydrogen-bond donors (Lipinski definition) is 0. The Morgan fingerprint density at radius 3 is 2.75 bits per heavy atom. The van der Waals surface area contributed by atoms with Gasteiger partial charge in [0.05, 0.1) is 11.3 Å². The number of benzene rings is 1. The minimum Gasteiger partial charge on any atom is -0.452 e. The topological polar surface area (TPSA) is 52.1 Å². The fourth-order valence-corrected chi connectivity index (χ4v) is 2.79. The van der Waals surface area contributed by atoms with Gasteiger partial charge >= 0.3 is 5.97 Å². The monoisotopic (exact) mass is 268 g/mol. The third-order valence-corrected chi connectivity index (χ3v) is 3.74. The van der Waals surface area contributed by atoms with E-state index < -0.39 is 0 Å². The molecule has 1 aliphatic carbocycles. The van der Waals surface area contributed by atoms with E-state index >= 15 is 0 Å². The molecule has 4 heteroatoms. The van der Waals surface area contributed by atoms with Gasteiger partial charge in [-0.05, 0) is 31.4 Å². The SMILES string of the molecule is Cc1ncnc2c1[C@H](C)C[C@H]2OC(=O)c1ccccc1. The Balaban J connectivity index is 1.85. The van der Waals surface area contributed by atoms with Crippen molar-refractivity contribution >= 4 is 5.97 Å². The highest BCUT2D eigenvalue weighted by Crippen LogP contribution is 2.42. The van der Waals surface area contributed by atoms with E-state index in [2.05, 4.69) is 16.9 Å². The minimum atomic E-state index is -0.299. The van der Waals surface area contributed by atoms with Crippen LogP contribution in [-0.4, -0.2) is 15.9 Å². The summed E-state index contributed by atoms with van der Waals surface area (Å²) in [4.78, 5) is 20.7. The van der Waals surface area contributed by atoms with E-state index in [1.54, 1.807) is 12.1 Å². The second kappa shape index (κ2) is 5.04. The number of aromatic nitrogens is 2. The molecule has 0 saturated heterocycles. The summed E-state index contributed by atoms with van der Waals surface area (Å²) in [7, 11) is 0. The molecule has 0 fully saturated rings. The first-order valence-corrected chi connectivity index (χ1v) is 6.74. The summed E-state index contributed by atoms with van der Waals surface area (Å²) in [5.74, 6) is 0.0201. The highest BCUT2D eigenvalue weighted by atomic mass is 16.5. The van der Waals surface area contributed by atoms with Gasteiger partial charge in [-0.2, -0.15) is 0 Å². The summed E-state index contributed by atoms with van der Waals surface area (Å²) < 4.78 is 5.62. The zero-order valence-electron chi connectivity index (χ0n) is 11.5. The number of hydrogen-bond acceptors (Lipinski definition) is 4. The Morgan fingerprint density at radius 1 is 1.25 bits per heavy atom. The van der Waals surface area contributed by atoms with Crippen molar-refractivity contribution in [2.45, 2.75) is 32.3 Å². The van der Waals surface area contributed by atoms with Crippen LogP contribution < -0.4 is 0 Å². The molecule has 0 radical (unpaired) electrons. The number of fused-ring (bicyclic) bond motifs is 1. The fraction of sp³-hybridized carbons (Fsp3) is 0.312. The molecule has 0 spiro atoms. The second-order valence-electron chi connectivity index (χ2n) is 5.15. The molecular formula is C16H16N2O2. The number of rotatable bonds is 2. The van der Waals surface area contributed by atoms with Crippen LogP contribution in [0.1, 0.15) is 52.7 Å². The van der Waals surface area contributed by atoms with Gasteiger partial charge in [-0.15, -0.1) is 0 Å². The predicted molar refractivity (Wildman–Crippen MR) is 74.4 cm³/mol. The van der Waals surface area contributed by atoms with Crippen LogP contribution in [0.2, 0.25) is 0 Å². The van der Waals surface area contributed by atoms with Crippen LogP contribution in [0.15, 0.2) is 36.7 Å². The maximum absolute atomic E-state index is 12.1. The highest BCUT2D eigenvalue weighted by molar-refractivity contribution is 5.89. The van der Waals surface area contributed by atoms with Gasteiger partial charge in [0.1, 0.15) is 12.4 Å². The van der Waals surface area contributed by atoms with Crippen molar-refractivity contribution in [2.24, 2.45) is 0 Å². The van der Waals surface area contributed by atoms with Crippen molar-refractivity contribution in [3.05, 3.63) is 59.2 Å². The predicted octanol–water partition coefficient (Wildman–Crippen LogP) is 3.19. The lowest BCUT2D eigenvalue weighted by Gasteiger charge is -2.12. The highest BCUT2D eigenvalue weighted by Gasteiger charge is 2.34. The molecule has 1 aromatic carbocycles. The molecule has 0 aliphatic heterocycles. The van der Waals surface area contributed by atoms with Gasteiger partial charge in [-0.25, -0.2) is 14.8 Å². The van der Waals surface area contributed by atoms with E-state index in [-0.39, 0.29) is 12.1 Å². The molecule has 1 heterocycles. The van der Waals surface area contributed by atoms with Gasteiger partial charge in [-0.3, -0.25) is 0 Å². The molecule has 0 N–H and O–H groups in total. The Kier molecular flexibility index (Phi) is 3.22. The molecule has 102 valence electrons. The summed E-state index contributed by atoms with van der Waals surface area (Å²) in [6, 6.07) is 9.04. The van der Waals surface area contributed by atoms with Crippen LogP contribution in [0.3, 0.4) is 0 Å². The van der Waals surface area contributed by atoms with Gasteiger partial charge in [0.25, 0.3) is 0 Å². The van der Waals surface area contributed by atoms with Gasteiger partial charge < -0.3 is 4.74 Å². The molecule has 1 aliphatic rings. The van der Waals surface area contributed by atoms with Gasteiger partial charge in [0.2, 0.25) is 0 Å². The summed E-state index contributed by atoms with van der Waals surface area (Å²) >= 11 is 0. The van der Waals surface area contributed by atoms with E-state index in [0.717, 1.165) is 23.4 Å². The fourth-order valence-electron chi connectivity index (χ4n) is 2.79. The second-order valence-corrected chi connectivity index (χ2v) is 5.15. The molecule has 2 aromatic rings. The lowest BCUT2D eigenvalue weighted by Crippen LogP contribution is -2.10. The zero-order valence-corrected chi connectivity index (χ0v) is 11.5. The first-order valence-electron chi connectivity index (χ1n) is 6.74. The number of carbonyl (C=O) groups is 1. The zero-order chi connectivity index (χ0) is 14.1. The van der Waals surface area contributed by atoms with Gasteiger partial charge in [0.15, 0.2) is 0 Å². The number of nitrogens with zero attached hydrogens (tertiary/aromatic N) is 2. The minimum absolute atomic E-state index is 0.269. The van der Waals surface area contributed by atoms with Crippen molar-refractivity contribution in [1.82, 2.24) is 9.97 Å². The Morgan fingerprint density at radius 2 is 2.00 bits per heavy atom. The smallest absolute Gasteiger partial charge is 0.338 e. The van der Waals surface area contributed by atoms with E-state index in [9.17, 15) is 4.79 Å². The quantitative estimate of drug-likeness (QED) is 0.785. The van der Waals surface area contributed by atoms with Crippen molar-refractivity contribution in [1.29, 1.82) is 0 Å². The van der Waals surface area contributed by atoms with Gasteiger partial charge in [0, 0.05) is 11.3 Å². The molecular weight excluding hydrogens is 252 g/mol. The normalized spacial score (nSPS) is 20.5. The molecule has 2 atom stereocenters. The molecule has 0 saturated carbocycles. The third-order valence-electron chi connectivity index (χ3n) is 3.74.